The number of nitrogens with one attached hydrogen (secondary N) is 1. The zero-order chi connectivity index (χ0) is 14.3. The normalized spacial score (nSPS) is 12.8. The standard InChI is InChI=1S/C12H14F3NO3/c1-18-10(7-12(13,14)15)16-11(17)19-8-9-5-3-2-4-6-9/h2-6,10H,7-8H2,1H3,(H,16,17)/t10-/m1/s1. The molecule has 0 radical (unpaired) electrons. The Morgan fingerprint density at radius 2 is 1.95 bits per heavy atom. The van der Waals surface area contributed by atoms with E-state index in [1.807, 2.05) is 5.32 Å². The second-order valence-corrected chi connectivity index (χ2v) is 3.75. The Morgan fingerprint density at radius 3 is 2.47 bits per heavy atom. The van der Waals surface area contributed by atoms with E-state index in [4.69, 9.17) is 4.74 Å². The van der Waals surface area contributed by atoms with Gasteiger partial charge in [-0.2, -0.15) is 13.2 Å². The molecular formula is C12H14F3NO3. The molecule has 0 aromatic heterocycles. The predicted octanol–water partition coefficient (Wildman–Crippen LogP) is 2.84. The molecule has 1 amide bonds. The van der Waals surface area contributed by atoms with E-state index in [9.17, 15) is 18.0 Å². The van der Waals surface area contributed by atoms with Crippen molar-refractivity contribution in [3.05, 3.63) is 35.9 Å². The van der Waals surface area contributed by atoms with Gasteiger partial charge < -0.3 is 9.47 Å². The van der Waals surface area contributed by atoms with Crippen molar-refractivity contribution in [2.45, 2.75) is 25.4 Å². The Bertz CT molecular complexity index is 395. The van der Waals surface area contributed by atoms with Gasteiger partial charge in [0.25, 0.3) is 0 Å². The Hall–Kier alpha value is -1.76. The highest BCUT2D eigenvalue weighted by atomic mass is 19.4. The Labute approximate surface area is 108 Å². The van der Waals surface area contributed by atoms with Gasteiger partial charge >= 0.3 is 12.3 Å². The molecular weight excluding hydrogens is 263 g/mol. The zero-order valence-electron chi connectivity index (χ0n) is 10.2. The van der Waals surface area contributed by atoms with Crippen molar-refractivity contribution in [3.8, 4) is 0 Å². The van der Waals surface area contributed by atoms with Gasteiger partial charge in [0.15, 0.2) is 0 Å². The lowest BCUT2D eigenvalue weighted by molar-refractivity contribution is -0.160. The van der Waals surface area contributed by atoms with Gasteiger partial charge in [0.1, 0.15) is 12.8 Å². The summed E-state index contributed by atoms with van der Waals surface area (Å²) in [6.07, 6.45) is -8.11. The van der Waals surface area contributed by atoms with Crippen LogP contribution < -0.4 is 5.32 Å². The molecule has 0 saturated heterocycles. The number of rotatable bonds is 5. The molecule has 0 aliphatic carbocycles. The third-order valence-electron chi connectivity index (χ3n) is 2.19. The van der Waals surface area contributed by atoms with E-state index in [0.717, 1.165) is 12.7 Å². The molecule has 0 aliphatic rings. The number of hydrogen-bond acceptors (Lipinski definition) is 3. The van der Waals surface area contributed by atoms with E-state index in [1.165, 1.54) is 0 Å². The molecule has 0 unspecified atom stereocenters. The van der Waals surface area contributed by atoms with Gasteiger partial charge in [-0.15, -0.1) is 0 Å². The SMILES string of the molecule is CO[C@H](CC(F)(F)F)NC(=O)OCc1ccccc1. The molecule has 1 N–H and O–H groups in total. The zero-order valence-corrected chi connectivity index (χ0v) is 10.2. The lowest BCUT2D eigenvalue weighted by Gasteiger charge is -2.18. The van der Waals surface area contributed by atoms with Crippen molar-refractivity contribution in [2.75, 3.05) is 7.11 Å². The first-order chi connectivity index (χ1) is 8.90. The first-order valence-electron chi connectivity index (χ1n) is 5.47. The van der Waals surface area contributed by atoms with Crippen LogP contribution in [-0.2, 0) is 16.1 Å². The quantitative estimate of drug-likeness (QED) is 0.842. The maximum Gasteiger partial charge on any atom is 0.409 e. The molecule has 1 atom stereocenters. The number of ether oxygens (including phenoxy) is 2. The fourth-order valence-electron chi connectivity index (χ4n) is 1.30. The Kier molecular flexibility index (Phi) is 5.62. The highest BCUT2D eigenvalue weighted by Gasteiger charge is 2.33. The van der Waals surface area contributed by atoms with Crippen LogP contribution in [0.25, 0.3) is 0 Å². The molecule has 7 heteroatoms. The van der Waals surface area contributed by atoms with Crippen LogP contribution in [0.1, 0.15) is 12.0 Å². The molecule has 0 spiro atoms. The van der Waals surface area contributed by atoms with Crippen molar-refractivity contribution < 1.29 is 27.4 Å². The van der Waals surface area contributed by atoms with Crippen molar-refractivity contribution in [2.24, 2.45) is 0 Å². The lowest BCUT2D eigenvalue weighted by Crippen LogP contribution is -2.39. The van der Waals surface area contributed by atoms with Gasteiger partial charge in [-0.25, -0.2) is 4.79 Å². The predicted molar refractivity (Wildman–Crippen MR) is 61.2 cm³/mol. The van der Waals surface area contributed by atoms with Gasteiger partial charge in [0, 0.05) is 7.11 Å². The molecule has 0 fully saturated rings. The monoisotopic (exact) mass is 277 g/mol. The van der Waals surface area contributed by atoms with Crippen molar-refractivity contribution in [1.29, 1.82) is 0 Å². The number of alkyl halides is 3. The number of carbonyl (C=O) groups is 1. The summed E-state index contributed by atoms with van der Waals surface area (Å²) < 4.78 is 45.7. The maximum atomic E-state index is 12.1. The second-order valence-electron chi connectivity index (χ2n) is 3.75. The minimum absolute atomic E-state index is 0.0187. The molecule has 4 nitrogen and oxygen atoms in total. The van der Waals surface area contributed by atoms with Gasteiger partial charge in [-0.1, -0.05) is 30.3 Å². The van der Waals surface area contributed by atoms with Crippen LogP contribution in [0.5, 0.6) is 0 Å². The van der Waals surface area contributed by atoms with E-state index < -0.39 is 24.9 Å². The van der Waals surface area contributed by atoms with Crippen LogP contribution in [-0.4, -0.2) is 25.6 Å². The molecule has 1 rings (SSSR count). The van der Waals surface area contributed by atoms with Crippen LogP contribution in [0, 0.1) is 0 Å². The van der Waals surface area contributed by atoms with E-state index in [0.29, 0.717) is 0 Å². The van der Waals surface area contributed by atoms with Crippen molar-refractivity contribution in [3.63, 3.8) is 0 Å². The molecule has 1 aromatic carbocycles. The number of alkyl carbamates (subject to hydrolysis) is 1. The number of hydrogen-bond donors (Lipinski definition) is 1. The lowest BCUT2D eigenvalue weighted by atomic mass is 10.2. The molecule has 19 heavy (non-hydrogen) atoms. The largest absolute Gasteiger partial charge is 0.445 e. The van der Waals surface area contributed by atoms with Gasteiger partial charge in [-0.05, 0) is 5.56 Å². The smallest absolute Gasteiger partial charge is 0.409 e. The minimum Gasteiger partial charge on any atom is -0.445 e. The summed E-state index contributed by atoms with van der Waals surface area (Å²) in [6, 6.07) is 8.79. The molecule has 1 aromatic rings. The van der Waals surface area contributed by atoms with E-state index >= 15 is 0 Å². The molecule has 106 valence electrons. The average molecular weight is 277 g/mol. The first kappa shape index (κ1) is 15.3. The average Bonchev–Trinajstić information content (AvgIpc) is 2.35. The van der Waals surface area contributed by atoms with Crippen molar-refractivity contribution >= 4 is 6.09 Å². The fraction of sp³-hybridized carbons (Fsp3) is 0.417. The summed E-state index contributed by atoms with van der Waals surface area (Å²) in [5.74, 6) is 0. The number of methoxy groups -OCH3 is 1. The van der Waals surface area contributed by atoms with Gasteiger partial charge in [-0.3, -0.25) is 5.32 Å². The summed E-state index contributed by atoms with van der Waals surface area (Å²) in [7, 11) is 1.08. The first-order valence-corrected chi connectivity index (χ1v) is 5.47. The number of amides is 1. The van der Waals surface area contributed by atoms with Crippen LogP contribution in [0.3, 0.4) is 0 Å². The summed E-state index contributed by atoms with van der Waals surface area (Å²) in [5, 5.41) is 1.99. The summed E-state index contributed by atoms with van der Waals surface area (Å²) in [6.45, 7) is -0.0187. The summed E-state index contributed by atoms with van der Waals surface area (Å²) in [5.41, 5.74) is 0.738. The van der Waals surface area contributed by atoms with Gasteiger partial charge in [0.05, 0.1) is 6.42 Å². The molecule has 0 bridgehead atoms. The highest BCUT2D eigenvalue weighted by Crippen LogP contribution is 2.21. The number of carbonyl (C=O) groups excluding carboxylic acids is 1. The molecule has 0 heterocycles. The highest BCUT2D eigenvalue weighted by molar-refractivity contribution is 5.67. The summed E-state index contributed by atoms with van der Waals surface area (Å²) in [4.78, 5) is 11.3. The van der Waals surface area contributed by atoms with Crippen molar-refractivity contribution in [1.82, 2.24) is 5.32 Å². The third-order valence-corrected chi connectivity index (χ3v) is 2.19. The van der Waals surface area contributed by atoms with Crippen LogP contribution >= 0.6 is 0 Å². The molecule has 0 aliphatic heterocycles. The second kappa shape index (κ2) is 6.98. The number of benzene rings is 1. The van der Waals surface area contributed by atoms with E-state index in [1.54, 1.807) is 30.3 Å². The summed E-state index contributed by atoms with van der Waals surface area (Å²) >= 11 is 0. The maximum absolute atomic E-state index is 12.1. The Morgan fingerprint density at radius 1 is 1.32 bits per heavy atom. The fourth-order valence-corrected chi connectivity index (χ4v) is 1.30. The van der Waals surface area contributed by atoms with E-state index in [2.05, 4.69) is 4.74 Å². The Balaban J connectivity index is 2.37. The molecule has 0 saturated carbocycles. The topological polar surface area (TPSA) is 47.6 Å². The third kappa shape index (κ3) is 6.66. The number of halogens is 3. The van der Waals surface area contributed by atoms with E-state index in [-0.39, 0.29) is 6.61 Å². The minimum atomic E-state index is -4.42. The van der Waals surface area contributed by atoms with Crippen LogP contribution in [0.2, 0.25) is 0 Å². The van der Waals surface area contributed by atoms with Crippen LogP contribution in [0.15, 0.2) is 30.3 Å². The van der Waals surface area contributed by atoms with Crippen LogP contribution in [0.4, 0.5) is 18.0 Å². The van der Waals surface area contributed by atoms with Gasteiger partial charge in [0.2, 0.25) is 0 Å².